The second-order valence-corrected chi connectivity index (χ2v) is 6.87. The van der Waals surface area contributed by atoms with E-state index in [9.17, 15) is 4.79 Å². The van der Waals surface area contributed by atoms with Gasteiger partial charge in [0, 0.05) is 25.3 Å². The molecule has 0 atom stereocenters. The first kappa shape index (κ1) is 15.5. The van der Waals surface area contributed by atoms with Crippen molar-refractivity contribution < 1.29 is 4.79 Å². The Morgan fingerprint density at radius 1 is 1.17 bits per heavy atom. The number of hydrogen-bond donors (Lipinski definition) is 0. The molecule has 0 radical (unpaired) electrons. The normalized spacial score (nSPS) is 21.5. The van der Waals surface area contributed by atoms with Crippen molar-refractivity contribution in [3.05, 3.63) is 41.1 Å². The Labute approximate surface area is 137 Å². The fraction of sp³-hybridized carbons (Fsp3) is 0.368. The number of aliphatic imine (C=N–C) groups is 1. The molecule has 1 amide bonds. The Morgan fingerprint density at radius 3 is 2.48 bits per heavy atom. The molecule has 1 aromatic rings. The Hall–Kier alpha value is -2.36. The van der Waals surface area contributed by atoms with Gasteiger partial charge in [0.1, 0.15) is 11.5 Å². The molecule has 0 spiro atoms. The summed E-state index contributed by atoms with van der Waals surface area (Å²) < 4.78 is 0. The molecule has 0 aliphatic carbocycles. The average molecular weight is 309 g/mol. The van der Waals surface area contributed by atoms with E-state index in [0.29, 0.717) is 5.70 Å². The summed E-state index contributed by atoms with van der Waals surface area (Å²) in [4.78, 5) is 20.3. The summed E-state index contributed by atoms with van der Waals surface area (Å²) in [5.41, 5.74) is 5.18. The minimum atomic E-state index is -0.0502. The second kappa shape index (κ2) is 5.08. The third-order valence-electron chi connectivity index (χ3n) is 4.84. The minimum Gasteiger partial charge on any atom is -0.366 e. The maximum Gasteiger partial charge on any atom is 0.277 e. The molecule has 0 bridgehead atoms. The number of amides is 1. The highest BCUT2D eigenvalue weighted by Gasteiger charge is 2.28. The summed E-state index contributed by atoms with van der Waals surface area (Å²) in [5.74, 6) is 0.683. The van der Waals surface area contributed by atoms with Crippen LogP contribution >= 0.6 is 0 Å². The van der Waals surface area contributed by atoms with E-state index >= 15 is 0 Å². The molecule has 2 aliphatic rings. The van der Waals surface area contributed by atoms with Crippen LogP contribution in [-0.2, 0) is 4.79 Å². The Bertz CT molecular complexity index is 784. The van der Waals surface area contributed by atoms with Crippen LogP contribution < -0.4 is 4.90 Å². The van der Waals surface area contributed by atoms with Crippen molar-refractivity contribution in [3.63, 3.8) is 0 Å². The van der Waals surface area contributed by atoms with Gasteiger partial charge in [-0.2, -0.15) is 0 Å². The van der Waals surface area contributed by atoms with E-state index < -0.39 is 0 Å². The van der Waals surface area contributed by atoms with E-state index in [2.05, 4.69) is 55.9 Å². The van der Waals surface area contributed by atoms with E-state index in [-0.39, 0.29) is 11.4 Å². The lowest BCUT2D eigenvalue weighted by atomic mass is 9.88. The average Bonchev–Trinajstić information content (AvgIpc) is 2.72. The number of anilines is 1. The van der Waals surface area contributed by atoms with Crippen LogP contribution in [0.15, 0.2) is 35.0 Å². The van der Waals surface area contributed by atoms with Crippen molar-refractivity contribution in [2.24, 2.45) is 4.99 Å². The molecule has 0 fully saturated rings. The molecular weight excluding hydrogens is 286 g/mol. The van der Waals surface area contributed by atoms with E-state index in [0.717, 1.165) is 11.4 Å². The number of rotatable bonds is 1. The maximum atomic E-state index is 12.1. The molecule has 2 heterocycles. The number of allylic oxidation sites excluding steroid dienone is 1. The van der Waals surface area contributed by atoms with Crippen molar-refractivity contribution >= 4 is 29.1 Å². The fourth-order valence-electron chi connectivity index (χ4n) is 3.13. The van der Waals surface area contributed by atoms with E-state index in [1.165, 1.54) is 16.8 Å². The summed E-state index contributed by atoms with van der Waals surface area (Å²) in [7, 11) is 3.86. The molecule has 4 nitrogen and oxygen atoms in total. The van der Waals surface area contributed by atoms with Gasteiger partial charge in [0.2, 0.25) is 0 Å². The first-order valence-electron chi connectivity index (χ1n) is 7.83. The van der Waals surface area contributed by atoms with Gasteiger partial charge in [0.25, 0.3) is 5.91 Å². The van der Waals surface area contributed by atoms with Crippen LogP contribution in [0.5, 0.6) is 0 Å². The molecule has 3 rings (SSSR count). The van der Waals surface area contributed by atoms with Crippen molar-refractivity contribution in [3.8, 4) is 0 Å². The van der Waals surface area contributed by atoms with Gasteiger partial charge in [-0.15, -0.1) is 0 Å². The molecule has 0 saturated heterocycles. The monoisotopic (exact) mass is 309 g/mol. The molecule has 4 heteroatoms. The number of carbonyl (C=O) groups is 1. The van der Waals surface area contributed by atoms with Crippen molar-refractivity contribution in [2.75, 3.05) is 19.0 Å². The largest absolute Gasteiger partial charge is 0.366 e. The predicted octanol–water partition coefficient (Wildman–Crippen LogP) is 3.55. The van der Waals surface area contributed by atoms with Crippen LogP contribution in [0.1, 0.15) is 38.8 Å². The Morgan fingerprint density at radius 2 is 1.87 bits per heavy atom. The first-order chi connectivity index (χ1) is 10.7. The number of carbonyl (C=O) groups excluding carboxylic acids is 1. The molecule has 23 heavy (non-hydrogen) atoms. The zero-order chi connectivity index (χ0) is 16.9. The van der Waals surface area contributed by atoms with Crippen LogP contribution in [0.25, 0.3) is 11.6 Å². The summed E-state index contributed by atoms with van der Waals surface area (Å²) in [6.45, 7) is 8.40. The minimum absolute atomic E-state index is 0.00258. The highest BCUT2D eigenvalue weighted by atomic mass is 16.2. The van der Waals surface area contributed by atoms with Crippen molar-refractivity contribution in [1.29, 1.82) is 0 Å². The summed E-state index contributed by atoms with van der Waals surface area (Å²) in [6.07, 6.45) is 4.14. The van der Waals surface area contributed by atoms with Crippen LogP contribution in [0.3, 0.4) is 0 Å². The van der Waals surface area contributed by atoms with Crippen LogP contribution in [0.4, 0.5) is 5.69 Å². The van der Waals surface area contributed by atoms with Gasteiger partial charge in [-0.3, -0.25) is 9.69 Å². The lowest BCUT2D eigenvalue weighted by Crippen LogP contribution is -2.42. The lowest BCUT2D eigenvalue weighted by Gasteiger charge is -2.40. The SMILES string of the molecule is CC1=CC(C)(C)N(C)c2ccc(/C=C3\N=C(C)N(C)C3=O)cc21. The van der Waals surface area contributed by atoms with E-state index in [1.54, 1.807) is 11.9 Å². The molecule has 0 saturated carbocycles. The number of likely N-dealkylation sites (N-methyl/N-ethyl adjacent to an activating group) is 2. The lowest BCUT2D eigenvalue weighted by molar-refractivity contribution is -0.121. The van der Waals surface area contributed by atoms with E-state index in [1.807, 2.05) is 19.1 Å². The van der Waals surface area contributed by atoms with Gasteiger partial charge in [0.05, 0.1) is 5.54 Å². The number of hydrogen-bond acceptors (Lipinski definition) is 3. The summed E-state index contributed by atoms with van der Waals surface area (Å²) >= 11 is 0. The van der Waals surface area contributed by atoms with Crippen LogP contribution in [0, 0.1) is 0 Å². The number of nitrogens with zero attached hydrogens (tertiary/aromatic N) is 3. The van der Waals surface area contributed by atoms with Gasteiger partial charge >= 0.3 is 0 Å². The molecule has 0 unspecified atom stereocenters. The van der Waals surface area contributed by atoms with Gasteiger partial charge in [-0.1, -0.05) is 12.1 Å². The molecule has 2 aliphatic heterocycles. The van der Waals surface area contributed by atoms with Crippen molar-refractivity contribution in [2.45, 2.75) is 33.2 Å². The number of amidine groups is 1. The molecular formula is C19H23N3O. The van der Waals surface area contributed by atoms with Gasteiger partial charge in [-0.05, 0) is 57.0 Å². The smallest absolute Gasteiger partial charge is 0.277 e. The third-order valence-corrected chi connectivity index (χ3v) is 4.84. The number of benzene rings is 1. The molecule has 1 aromatic carbocycles. The van der Waals surface area contributed by atoms with Crippen molar-refractivity contribution in [1.82, 2.24) is 4.90 Å². The van der Waals surface area contributed by atoms with Gasteiger partial charge in [-0.25, -0.2) is 4.99 Å². The fourth-order valence-corrected chi connectivity index (χ4v) is 3.13. The Balaban J connectivity index is 2.04. The molecule has 120 valence electrons. The zero-order valence-electron chi connectivity index (χ0n) is 14.6. The third kappa shape index (κ3) is 2.48. The zero-order valence-corrected chi connectivity index (χ0v) is 14.6. The summed E-state index contributed by atoms with van der Waals surface area (Å²) in [5, 5.41) is 0. The standard InChI is InChI=1S/C19H23N3O/c1-12-11-19(3,4)22(6)17-8-7-14(9-15(12)17)10-16-18(23)21(5)13(2)20-16/h7-11H,1-6H3/b16-10-. The molecule has 0 aromatic heterocycles. The highest BCUT2D eigenvalue weighted by molar-refractivity contribution is 6.13. The predicted molar refractivity (Wildman–Crippen MR) is 96.4 cm³/mol. The summed E-state index contributed by atoms with van der Waals surface area (Å²) in [6, 6.07) is 6.31. The second-order valence-electron chi connectivity index (χ2n) is 6.87. The maximum absolute atomic E-state index is 12.1. The van der Waals surface area contributed by atoms with E-state index in [4.69, 9.17) is 0 Å². The highest BCUT2D eigenvalue weighted by Crippen LogP contribution is 2.38. The quantitative estimate of drug-likeness (QED) is 0.744. The van der Waals surface area contributed by atoms with Gasteiger partial charge < -0.3 is 4.90 Å². The van der Waals surface area contributed by atoms with Crippen LogP contribution in [-0.4, -0.2) is 36.3 Å². The van der Waals surface area contributed by atoms with Crippen LogP contribution in [0.2, 0.25) is 0 Å². The van der Waals surface area contributed by atoms with Gasteiger partial charge in [0.15, 0.2) is 0 Å². The first-order valence-corrected chi connectivity index (χ1v) is 7.83. The number of fused-ring (bicyclic) bond motifs is 1. The Kier molecular flexibility index (Phi) is 3.43. The molecule has 0 N–H and O–H groups in total. The topological polar surface area (TPSA) is 35.9 Å².